The van der Waals surface area contributed by atoms with Crippen molar-refractivity contribution in [2.24, 2.45) is 0 Å². The Hall–Kier alpha value is -2.40. The standard InChI is InChI=1S/C21H30F3N3O5/c1-2-3-4-5-8-26(10-9-25-11-13-31-14-12-25)20(28)18-15-17(32-16-21(22,23)24)6-7-19(18)27(29)30/h6-7,15H,2-5,8-14,16H2,1H3. The maximum atomic E-state index is 13.3. The molecule has 0 aliphatic carbocycles. The fourth-order valence-corrected chi connectivity index (χ4v) is 3.40. The first-order valence-corrected chi connectivity index (χ1v) is 10.8. The number of morpholine rings is 1. The second kappa shape index (κ2) is 12.6. The molecule has 0 saturated carbocycles. The van der Waals surface area contributed by atoms with Crippen LogP contribution < -0.4 is 4.74 Å². The minimum Gasteiger partial charge on any atom is -0.484 e. The summed E-state index contributed by atoms with van der Waals surface area (Å²) in [6.07, 6.45) is -0.886. The number of carbonyl (C=O) groups excluding carboxylic acids is 1. The van der Waals surface area contributed by atoms with Crippen LogP contribution in [0.3, 0.4) is 0 Å². The van der Waals surface area contributed by atoms with Gasteiger partial charge in [-0.3, -0.25) is 19.8 Å². The maximum absolute atomic E-state index is 13.3. The molecule has 0 spiro atoms. The Kier molecular flexibility index (Phi) is 10.2. The van der Waals surface area contributed by atoms with Gasteiger partial charge in [0.25, 0.3) is 11.6 Å². The first-order chi connectivity index (χ1) is 15.2. The highest BCUT2D eigenvalue weighted by molar-refractivity contribution is 5.98. The van der Waals surface area contributed by atoms with Gasteiger partial charge in [0.1, 0.15) is 11.3 Å². The van der Waals surface area contributed by atoms with Gasteiger partial charge in [0.15, 0.2) is 6.61 Å². The number of ether oxygens (including phenoxy) is 2. The summed E-state index contributed by atoms with van der Waals surface area (Å²) in [5.74, 6) is -0.825. The summed E-state index contributed by atoms with van der Waals surface area (Å²) < 4.78 is 47.5. The van der Waals surface area contributed by atoms with Gasteiger partial charge < -0.3 is 14.4 Å². The summed E-state index contributed by atoms with van der Waals surface area (Å²) in [6.45, 7) is 4.55. The molecular formula is C21H30F3N3O5. The molecule has 1 fully saturated rings. The Bertz CT molecular complexity index is 755. The number of hydrogen-bond donors (Lipinski definition) is 0. The van der Waals surface area contributed by atoms with Crippen LogP contribution in [-0.2, 0) is 4.74 Å². The van der Waals surface area contributed by atoms with E-state index < -0.39 is 29.3 Å². The van der Waals surface area contributed by atoms with Crippen LogP contribution in [0.25, 0.3) is 0 Å². The van der Waals surface area contributed by atoms with Crippen LogP contribution in [0.1, 0.15) is 43.0 Å². The number of unbranched alkanes of at least 4 members (excludes halogenated alkanes) is 3. The molecule has 1 amide bonds. The van der Waals surface area contributed by atoms with Gasteiger partial charge in [0.05, 0.1) is 18.1 Å². The van der Waals surface area contributed by atoms with Crippen LogP contribution in [0, 0.1) is 10.1 Å². The quantitative estimate of drug-likeness (QED) is 0.267. The Morgan fingerprint density at radius 1 is 1.22 bits per heavy atom. The molecule has 1 aliphatic heterocycles. The lowest BCUT2D eigenvalue weighted by Gasteiger charge is -2.30. The largest absolute Gasteiger partial charge is 0.484 e. The Morgan fingerprint density at radius 3 is 2.56 bits per heavy atom. The van der Waals surface area contributed by atoms with Crippen molar-refractivity contribution < 1.29 is 32.4 Å². The lowest BCUT2D eigenvalue weighted by atomic mass is 10.1. The smallest absolute Gasteiger partial charge is 0.422 e. The van der Waals surface area contributed by atoms with Crippen molar-refractivity contribution in [3.05, 3.63) is 33.9 Å². The summed E-state index contributed by atoms with van der Waals surface area (Å²) in [5.41, 5.74) is -0.730. The number of amides is 1. The lowest BCUT2D eigenvalue weighted by Crippen LogP contribution is -2.43. The van der Waals surface area contributed by atoms with E-state index in [9.17, 15) is 28.1 Å². The number of hydrogen-bond acceptors (Lipinski definition) is 6. The summed E-state index contributed by atoms with van der Waals surface area (Å²) >= 11 is 0. The Morgan fingerprint density at radius 2 is 1.94 bits per heavy atom. The zero-order valence-electron chi connectivity index (χ0n) is 18.2. The number of nitro benzene ring substituents is 1. The minimum absolute atomic E-state index is 0.240. The monoisotopic (exact) mass is 461 g/mol. The van der Waals surface area contributed by atoms with Crippen LogP contribution >= 0.6 is 0 Å². The van der Waals surface area contributed by atoms with Crippen molar-refractivity contribution in [3.63, 3.8) is 0 Å². The first kappa shape index (κ1) is 25.9. The van der Waals surface area contributed by atoms with E-state index >= 15 is 0 Å². The molecule has 0 radical (unpaired) electrons. The number of benzene rings is 1. The minimum atomic E-state index is -4.56. The Labute approximate surface area is 185 Å². The average Bonchev–Trinajstić information content (AvgIpc) is 2.76. The summed E-state index contributed by atoms with van der Waals surface area (Å²) in [5, 5.41) is 11.5. The molecule has 1 saturated heterocycles. The number of halogens is 3. The lowest BCUT2D eigenvalue weighted by molar-refractivity contribution is -0.385. The second-order valence-corrected chi connectivity index (χ2v) is 7.65. The van der Waals surface area contributed by atoms with Crippen LogP contribution in [0.4, 0.5) is 18.9 Å². The van der Waals surface area contributed by atoms with E-state index in [1.54, 1.807) is 4.90 Å². The fourth-order valence-electron chi connectivity index (χ4n) is 3.40. The molecule has 8 nitrogen and oxygen atoms in total. The maximum Gasteiger partial charge on any atom is 0.422 e. The average molecular weight is 461 g/mol. The molecule has 0 unspecified atom stereocenters. The molecule has 32 heavy (non-hydrogen) atoms. The number of rotatable bonds is 12. The molecule has 2 rings (SSSR count). The third kappa shape index (κ3) is 8.62. The van der Waals surface area contributed by atoms with E-state index in [0.717, 1.165) is 57.0 Å². The van der Waals surface area contributed by atoms with Crippen LogP contribution in [0.5, 0.6) is 5.75 Å². The van der Waals surface area contributed by atoms with E-state index in [4.69, 9.17) is 9.47 Å². The zero-order valence-corrected chi connectivity index (χ0v) is 18.2. The van der Waals surface area contributed by atoms with E-state index in [2.05, 4.69) is 11.8 Å². The molecule has 1 heterocycles. The SMILES string of the molecule is CCCCCCN(CCN1CCOCC1)C(=O)c1cc(OCC(F)(F)F)ccc1[N+](=O)[O-]. The topological polar surface area (TPSA) is 85.2 Å². The molecule has 1 aromatic rings. The normalized spacial score (nSPS) is 14.9. The molecule has 0 atom stereocenters. The van der Waals surface area contributed by atoms with Gasteiger partial charge in [-0.05, 0) is 18.6 Å². The van der Waals surface area contributed by atoms with Gasteiger partial charge >= 0.3 is 6.18 Å². The van der Waals surface area contributed by atoms with Crippen molar-refractivity contribution in [1.29, 1.82) is 0 Å². The molecule has 0 aromatic heterocycles. The van der Waals surface area contributed by atoms with E-state index in [1.807, 2.05) is 0 Å². The molecule has 180 valence electrons. The summed E-state index contributed by atoms with van der Waals surface area (Å²) in [7, 11) is 0. The fraction of sp³-hybridized carbons (Fsp3) is 0.667. The predicted octanol–water partition coefficient (Wildman–Crippen LogP) is 3.89. The van der Waals surface area contributed by atoms with E-state index in [0.29, 0.717) is 32.8 Å². The third-order valence-corrected chi connectivity index (χ3v) is 5.16. The van der Waals surface area contributed by atoms with Crippen LogP contribution in [0.2, 0.25) is 0 Å². The van der Waals surface area contributed by atoms with Crippen molar-refractivity contribution in [3.8, 4) is 5.75 Å². The van der Waals surface area contributed by atoms with E-state index in [1.165, 1.54) is 0 Å². The Balaban J connectivity index is 2.20. The molecule has 0 N–H and O–H groups in total. The highest BCUT2D eigenvalue weighted by Crippen LogP contribution is 2.27. The number of nitrogens with zero attached hydrogens (tertiary/aromatic N) is 3. The number of carbonyl (C=O) groups is 1. The predicted molar refractivity (Wildman–Crippen MR) is 112 cm³/mol. The van der Waals surface area contributed by atoms with Crippen molar-refractivity contribution in [2.75, 3.05) is 52.5 Å². The third-order valence-electron chi connectivity index (χ3n) is 5.16. The van der Waals surface area contributed by atoms with Gasteiger partial charge in [-0.1, -0.05) is 26.2 Å². The first-order valence-electron chi connectivity index (χ1n) is 10.8. The summed E-state index contributed by atoms with van der Waals surface area (Å²) in [6, 6.07) is 3.11. The summed E-state index contributed by atoms with van der Waals surface area (Å²) in [4.78, 5) is 27.7. The number of alkyl halides is 3. The van der Waals surface area contributed by atoms with Crippen LogP contribution in [0.15, 0.2) is 18.2 Å². The highest BCUT2D eigenvalue weighted by atomic mass is 19.4. The second-order valence-electron chi connectivity index (χ2n) is 7.65. The van der Waals surface area contributed by atoms with Crippen molar-refractivity contribution in [2.45, 2.75) is 38.8 Å². The van der Waals surface area contributed by atoms with E-state index in [-0.39, 0.29) is 11.3 Å². The molecule has 11 heteroatoms. The van der Waals surface area contributed by atoms with Gasteiger partial charge in [-0.2, -0.15) is 13.2 Å². The molecule has 1 aromatic carbocycles. The van der Waals surface area contributed by atoms with Gasteiger partial charge in [0, 0.05) is 38.8 Å². The van der Waals surface area contributed by atoms with Gasteiger partial charge in [-0.25, -0.2) is 0 Å². The molecule has 1 aliphatic rings. The van der Waals surface area contributed by atoms with Gasteiger partial charge in [-0.15, -0.1) is 0 Å². The molecule has 0 bridgehead atoms. The molecular weight excluding hydrogens is 431 g/mol. The van der Waals surface area contributed by atoms with Crippen molar-refractivity contribution >= 4 is 11.6 Å². The highest BCUT2D eigenvalue weighted by Gasteiger charge is 2.30. The number of nitro groups is 1. The van der Waals surface area contributed by atoms with Crippen molar-refractivity contribution in [1.82, 2.24) is 9.80 Å². The zero-order chi connectivity index (χ0) is 23.6. The van der Waals surface area contributed by atoms with Crippen LogP contribution in [-0.4, -0.2) is 79.4 Å². The van der Waals surface area contributed by atoms with Gasteiger partial charge in [0.2, 0.25) is 0 Å².